The Kier molecular flexibility index (Phi) is 6.04. The highest BCUT2D eigenvalue weighted by molar-refractivity contribution is 6.68. The summed E-state index contributed by atoms with van der Waals surface area (Å²) in [6, 6.07) is 6.83. The van der Waals surface area contributed by atoms with Gasteiger partial charge < -0.3 is 4.90 Å². The minimum Gasteiger partial charge on any atom is -0.312 e. The van der Waals surface area contributed by atoms with Gasteiger partial charge in [-0.25, -0.2) is 0 Å². The molecule has 2 N–H and O–H groups in total. The number of rotatable bonds is 3. The second-order valence-electron chi connectivity index (χ2n) is 5.15. The van der Waals surface area contributed by atoms with Gasteiger partial charge in [-0.3, -0.25) is 10.1 Å². The molecule has 0 bridgehead atoms. The maximum Gasteiger partial charge on any atom is 0.262 e. The number of alkyl halides is 3. The molecule has 0 saturated carbocycles. The van der Waals surface area contributed by atoms with Crippen molar-refractivity contribution in [3.05, 3.63) is 34.9 Å². The SMILES string of the molecule is O=C(N[C@@H]([NH+]1CCCCC1)C(Cl)(Cl)Cl)c1ccccc1Cl. The van der Waals surface area contributed by atoms with Gasteiger partial charge in [0.05, 0.1) is 23.7 Å². The molecule has 0 radical (unpaired) electrons. The summed E-state index contributed by atoms with van der Waals surface area (Å²) in [5.74, 6) is -0.324. The van der Waals surface area contributed by atoms with E-state index in [4.69, 9.17) is 46.4 Å². The molecule has 0 spiro atoms. The zero-order valence-electron chi connectivity index (χ0n) is 11.3. The number of carbonyl (C=O) groups excluding carboxylic acids is 1. The molecule has 1 aromatic rings. The predicted molar refractivity (Wildman–Crippen MR) is 87.5 cm³/mol. The summed E-state index contributed by atoms with van der Waals surface area (Å²) in [7, 11) is 0. The van der Waals surface area contributed by atoms with E-state index >= 15 is 0 Å². The molecule has 7 heteroatoms. The molecule has 1 amide bonds. The number of halogens is 4. The topological polar surface area (TPSA) is 33.5 Å². The molecule has 1 aliphatic rings. The lowest BCUT2D eigenvalue weighted by Gasteiger charge is -2.35. The number of carbonyl (C=O) groups is 1. The highest BCUT2D eigenvalue weighted by atomic mass is 35.6. The molecule has 21 heavy (non-hydrogen) atoms. The highest BCUT2D eigenvalue weighted by Gasteiger charge is 2.42. The molecule has 1 saturated heterocycles. The summed E-state index contributed by atoms with van der Waals surface area (Å²) in [5.41, 5.74) is 0.384. The van der Waals surface area contributed by atoms with Gasteiger partial charge in [0.15, 0.2) is 0 Å². The minimum absolute atomic E-state index is 0.324. The molecule has 2 rings (SSSR count). The second kappa shape index (κ2) is 7.38. The first-order chi connectivity index (χ1) is 9.89. The van der Waals surface area contributed by atoms with Crippen LogP contribution in [0, 0.1) is 0 Å². The molecule has 1 aliphatic heterocycles. The van der Waals surface area contributed by atoms with E-state index in [1.165, 1.54) is 6.42 Å². The number of benzene rings is 1. The van der Waals surface area contributed by atoms with Gasteiger partial charge in [-0.05, 0) is 31.4 Å². The predicted octanol–water partition coefficient (Wildman–Crippen LogP) is 2.83. The van der Waals surface area contributed by atoms with E-state index in [0.29, 0.717) is 10.6 Å². The van der Waals surface area contributed by atoms with Crippen molar-refractivity contribution in [2.45, 2.75) is 29.2 Å². The number of likely N-dealkylation sites (tertiary alicyclic amines) is 1. The van der Waals surface area contributed by atoms with Crippen molar-refractivity contribution in [1.29, 1.82) is 0 Å². The van der Waals surface area contributed by atoms with E-state index < -0.39 is 9.96 Å². The fourth-order valence-electron chi connectivity index (χ4n) is 2.56. The Hall–Kier alpha value is -0.190. The number of amides is 1. The molecular formula is C14H17Cl4N2O+. The van der Waals surface area contributed by atoms with Crippen molar-refractivity contribution in [3.63, 3.8) is 0 Å². The van der Waals surface area contributed by atoms with Crippen molar-refractivity contribution >= 4 is 52.3 Å². The first-order valence-corrected chi connectivity index (χ1v) is 8.37. The normalized spacial score (nSPS) is 18.3. The van der Waals surface area contributed by atoms with Gasteiger partial charge in [-0.15, -0.1) is 0 Å². The lowest BCUT2D eigenvalue weighted by Crippen LogP contribution is -3.20. The van der Waals surface area contributed by atoms with Gasteiger partial charge >= 0.3 is 0 Å². The molecule has 1 fully saturated rings. The second-order valence-corrected chi connectivity index (χ2v) is 7.92. The number of piperidine rings is 1. The summed E-state index contributed by atoms with van der Waals surface area (Å²) in [4.78, 5) is 13.5. The molecular weight excluding hydrogens is 354 g/mol. The molecule has 3 nitrogen and oxygen atoms in total. The Morgan fingerprint density at radius 1 is 1.14 bits per heavy atom. The Balaban J connectivity index is 2.15. The van der Waals surface area contributed by atoms with E-state index in [1.807, 2.05) is 0 Å². The third-order valence-corrected chi connectivity index (χ3v) is 4.61. The van der Waals surface area contributed by atoms with Gasteiger partial charge in [-0.1, -0.05) is 58.5 Å². The lowest BCUT2D eigenvalue weighted by atomic mass is 10.1. The minimum atomic E-state index is -1.57. The molecule has 0 aromatic heterocycles. The third-order valence-electron chi connectivity index (χ3n) is 3.63. The average Bonchev–Trinajstić information content (AvgIpc) is 2.44. The van der Waals surface area contributed by atoms with Crippen LogP contribution >= 0.6 is 46.4 Å². The van der Waals surface area contributed by atoms with E-state index in [0.717, 1.165) is 30.8 Å². The first-order valence-electron chi connectivity index (χ1n) is 6.86. The zero-order chi connectivity index (χ0) is 15.5. The lowest BCUT2D eigenvalue weighted by molar-refractivity contribution is -0.931. The molecule has 0 unspecified atom stereocenters. The number of nitrogens with one attached hydrogen (secondary N) is 2. The zero-order valence-corrected chi connectivity index (χ0v) is 14.4. The quantitative estimate of drug-likeness (QED) is 0.788. The van der Waals surface area contributed by atoms with Crippen molar-refractivity contribution in [2.24, 2.45) is 0 Å². The Morgan fingerprint density at radius 2 is 1.76 bits per heavy atom. The van der Waals surface area contributed by atoms with Crippen LogP contribution in [-0.2, 0) is 0 Å². The summed E-state index contributed by atoms with van der Waals surface area (Å²) in [6.07, 6.45) is 2.71. The van der Waals surface area contributed by atoms with Crippen LogP contribution in [0.2, 0.25) is 5.02 Å². The molecule has 0 aliphatic carbocycles. The smallest absolute Gasteiger partial charge is 0.262 e. The van der Waals surface area contributed by atoms with Gasteiger partial charge in [0.1, 0.15) is 0 Å². The summed E-state index contributed by atoms with van der Waals surface area (Å²) in [6.45, 7) is 1.75. The number of hydrogen-bond acceptors (Lipinski definition) is 1. The molecule has 1 atom stereocenters. The van der Waals surface area contributed by atoms with E-state index in [1.54, 1.807) is 24.3 Å². The van der Waals surface area contributed by atoms with Crippen LogP contribution in [0.4, 0.5) is 0 Å². The Bertz CT molecular complexity index is 498. The number of quaternary nitrogens is 1. The van der Waals surface area contributed by atoms with Gasteiger partial charge in [0.25, 0.3) is 9.70 Å². The van der Waals surface area contributed by atoms with Crippen LogP contribution in [0.5, 0.6) is 0 Å². The molecule has 1 heterocycles. The maximum atomic E-state index is 12.4. The fourth-order valence-corrected chi connectivity index (χ4v) is 3.41. The van der Waals surface area contributed by atoms with Crippen LogP contribution in [0.3, 0.4) is 0 Å². The largest absolute Gasteiger partial charge is 0.312 e. The summed E-state index contributed by atoms with van der Waals surface area (Å²) >= 11 is 24.2. The molecule has 1 aromatic carbocycles. The number of hydrogen-bond donors (Lipinski definition) is 2. The van der Waals surface area contributed by atoms with Crippen molar-refractivity contribution in [2.75, 3.05) is 13.1 Å². The molecule has 116 valence electrons. The van der Waals surface area contributed by atoms with Crippen LogP contribution < -0.4 is 10.2 Å². The van der Waals surface area contributed by atoms with Crippen LogP contribution in [0.25, 0.3) is 0 Å². The third kappa shape index (κ3) is 4.64. The first kappa shape index (κ1) is 17.2. The summed E-state index contributed by atoms with van der Waals surface area (Å²) < 4.78 is -1.57. The standard InChI is InChI=1S/C14H16Cl4N2O/c15-11-7-3-2-6-10(11)12(21)19-13(14(16,17)18)20-8-4-1-5-9-20/h2-3,6-7,13H,1,4-5,8-9H2,(H,19,21)/p+1/t13-/m0/s1. The average molecular weight is 371 g/mol. The van der Waals surface area contributed by atoms with Gasteiger partial charge in [0.2, 0.25) is 6.17 Å². The van der Waals surface area contributed by atoms with Crippen molar-refractivity contribution < 1.29 is 9.69 Å². The van der Waals surface area contributed by atoms with E-state index in [-0.39, 0.29) is 5.91 Å². The maximum absolute atomic E-state index is 12.4. The van der Waals surface area contributed by atoms with E-state index in [2.05, 4.69) is 5.32 Å². The Morgan fingerprint density at radius 3 is 2.33 bits per heavy atom. The van der Waals surface area contributed by atoms with E-state index in [9.17, 15) is 4.79 Å². The van der Waals surface area contributed by atoms with Crippen LogP contribution in [-0.4, -0.2) is 29.0 Å². The highest BCUT2D eigenvalue weighted by Crippen LogP contribution is 2.28. The Labute approximate surface area is 144 Å². The monoisotopic (exact) mass is 369 g/mol. The van der Waals surface area contributed by atoms with Gasteiger partial charge in [0, 0.05) is 0 Å². The van der Waals surface area contributed by atoms with Crippen LogP contribution in [0.15, 0.2) is 24.3 Å². The van der Waals surface area contributed by atoms with Crippen LogP contribution in [0.1, 0.15) is 29.6 Å². The van der Waals surface area contributed by atoms with Gasteiger partial charge in [-0.2, -0.15) is 0 Å². The van der Waals surface area contributed by atoms with Crippen molar-refractivity contribution in [3.8, 4) is 0 Å². The van der Waals surface area contributed by atoms with Crippen molar-refractivity contribution in [1.82, 2.24) is 5.32 Å². The fraction of sp³-hybridized carbons (Fsp3) is 0.500. The summed E-state index contributed by atoms with van der Waals surface area (Å²) in [5, 5.41) is 3.21.